The molecule has 194 valence electrons. The second kappa shape index (κ2) is 13.9. The Hall–Kier alpha value is -3.04. The molecule has 1 aliphatic heterocycles. The Morgan fingerprint density at radius 3 is 2.36 bits per heavy atom. The maximum atomic E-state index is 12.2. The quantitative estimate of drug-likeness (QED) is 0.278. The SMILES string of the molecule is C=CCN(C)CC1CC(c2ccc(CO)cc2)OC(c2ccc(NC(=O)CCCCC(=O)O)cc2)O1. The number of rotatable bonds is 13. The van der Waals surface area contributed by atoms with Crippen LogP contribution in [0.1, 0.15) is 61.2 Å². The molecule has 1 fully saturated rings. The molecule has 36 heavy (non-hydrogen) atoms. The van der Waals surface area contributed by atoms with E-state index in [2.05, 4.69) is 16.8 Å². The maximum absolute atomic E-state index is 12.2. The number of unbranched alkanes of at least 4 members (excludes halogenated alkanes) is 1. The number of carboxylic acids is 1. The monoisotopic (exact) mass is 496 g/mol. The summed E-state index contributed by atoms with van der Waals surface area (Å²) in [6.45, 7) is 5.29. The minimum absolute atomic E-state index is 0.00225. The van der Waals surface area contributed by atoms with E-state index >= 15 is 0 Å². The maximum Gasteiger partial charge on any atom is 0.303 e. The van der Waals surface area contributed by atoms with Crippen molar-refractivity contribution in [3.05, 3.63) is 77.9 Å². The molecule has 0 bridgehead atoms. The van der Waals surface area contributed by atoms with Gasteiger partial charge in [0.1, 0.15) is 0 Å². The number of carbonyl (C=O) groups excluding carboxylic acids is 1. The number of nitrogens with one attached hydrogen (secondary N) is 1. The number of anilines is 1. The van der Waals surface area contributed by atoms with Crippen molar-refractivity contribution < 1.29 is 29.3 Å². The molecule has 1 saturated heterocycles. The van der Waals surface area contributed by atoms with E-state index in [0.717, 1.165) is 29.8 Å². The van der Waals surface area contributed by atoms with E-state index < -0.39 is 12.3 Å². The Balaban J connectivity index is 1.66. The van der Waals surface area contributed by atoms with Crippen molar-refractivity contribution in [3.63, 3.8) is 0 Å². The number of carbonyl (C=O) groups is 2. The van der Waals surface area contributed by atoms with Gasteiger partial charge in [-0.05, 0) is 43.1 Å². The zero-order chi connectivity index (χ0) is 25.9. The lowest BCUT2D eigenvalue weighted by molar-refractivity contribution is -0.252. The van der Waals surface area contributed by atoms with Crippen LogP contribution in [0.5, 0.6) is 0 Å². The van der Waals surface area contributed by atoms with Crippen LogP contribution in [0.25, 0.3) is 0 Å². The van der Waals surface area contributed by atoms with Gasteiger partial charge < -0.3 is 29.9 Å². The number of aliphatic carboxylic acids is 1. The van der Waals surface area contributed by atoms with E-state index in [1.807, 2.05) is 61.7 Å². The van der Waals surface area contributed by atoms with Gasteiger partial charge in [0, 0.05) is 43.6 Å². The van der Waals surface area contributed by atoms with E-state index in [4.69, 9.17) is 14.6 Å². The van der Waals surface area contributed by atoms with Crippen LogP contribution in [0.3, 0.4) is 0 Å². The van der Waals surface area contributed by atoms with Crippen LogP contribution in [0, 0.1) is 0 Å². The number of benzene rings is 2. The average Bonchev–Trinajstić information content (AvgIpc) is 2.87. The highest BCUT2D eigenvalue weighted by Crippen LogP contribution is 2.38. The number of hydrogen-bond donors (Lipinski definition) is 3. The van der Waals surface area contributed by atoms with Gasteiger partial charge in [-0.1, -0.05) is 42.5 Å². The van der Waals surface area contributed by atoms with Crippen LogP contribution in [0.4, 0.5) is 5.69 Å². The molecular weight excluding hydrogens is 460 g/mol. The Morgan fingerprint density at radius 2 is 1.72 bits per heavy atom. The number of aliphatic hydroxyl groups excluding tert-OH is 1. The van der Waals surface area contributed by atoms with Gasteiger partial charge in [-0.2, -0.15) is 0 Å². The molecule has 3 N–H and O–H groups in total. The van der Waals surface area contributed by atoms with Gasteiger partial charge in [0.05, 0.1) is 18.8 Å². The molecule has 0 aliphatic carbocycles. The summed E-state index contributed by atoms with van der Waals surface area (Å²) < 4.78 is 12.7. The Bertz CT molecular complexity index is 992. The van der Waals surface area contributed by atoms with E-state index in [0.29, 0.717) is 24.9 Å². The smallest absolute Gasteiger partial charge is 0.303 e. The highest BCUT2D eigenvalue weighted by molar-refractivity contribution is 5.90. The van der Waals surface area contributed by atoms with Crippen molar-refractivity contribution in [1.29, 1.82) is 0 Å². The molecule has 0 aromatic heterocycles. The van der Waals surface area contributed by atoms with Crippen molar-refractivity contribution in [2.24, 2.45) is 0 Å². The predicted octanol–water partition coefficient (Wildman–Crippen LogP) is 4.43. The van der Waals surface area contributed by atoms with Gasteiger partial charge in [0.25, 0.3) is 0 Å². The average molecular weight is 497 g/mol. The van der Waals surface area contributed by atoms with Gasteiger partial charge in [0.15, 0.2) is 6.29 Å². The van der Waals surface area contributed by atoms with Gasteiger partial charge in [-0.3, -0.25) is 9.59 Å². The molecule has 1 aliphatic rings. The van der Waals surface area contributed by atoms with Crippen molar-refractivity contribution in [2.75, 3.05) is 25.5 Å². The number of carboxylic acid groups (broad SMARTS) is 1. The van der Waals surface area contributed by atoms with Crippen molar-refractivity contribution in [1.82, 2.24) is 4.90 Å². The summed E-state index contributed by atoms with van der Waals surface area (Å²) in [5.41, 5.74) is 3.39. The largest absolute Gasteiger partial charge is 0.481 e. The fourth-order valence-corrected chi connectivity index (χ4v) is 4.18. The summed E-state index contributed by atoms with van der Waals surface area (Å²) in [4.78, 5) is 24.9. The number of nitrogens with zero attached hydrogens (tertiary/aromatic N) is 1. The minimum Gasteiger partial charge on any atom is -0.481 e. The molecular formula is C28H36N2O6. The summed E-state index contributed by atoms with van der Waals surface area (Å²) in [5.74, 6) is -0.993. The Morgan fingerprint density at radius 1 is 1.06 bits per heavy atom. The van der Waals surface area contributed by atoms with Gasteiger partial charge in [-0.15, -0.1) is 6.58 Å². The fraction of sp³-hybridized carbons (Fsp3) is 0.429. The molecule has 0 radical (unpaired) electrons. The van der Waals surface area contributed by atoms with E-state index in [-0.39, 0.29) is 37.6 Å². The lowest BCUT2D eigenvalue weighted by Gasteiger charge is -2.37. The first-order valence-corrected chi connectivity index (χ1v) is 12.3. The standard InChI is InChI=1S/C28H36N2O6/c1-3-16-30(2)18-24-17-25(21-10-8-20(19-31)9-11-21)36-28(35-24)22-12-14-23(15-13-22)29-26(32)6-4-5-7-27(33)34/h3,8-15,24-25,28,31H,1,4-7,16-19H2,2H3,(H,29,32)(H,33,34). The molecule has 2 aromatic carbocycles. The zero-order valence-electron chi connectivity index (χ0n) is 20.8. The number of amides is 1. The normalized spacial score (nSPS) is 19.7. The van der Waals surface area contributed by atoms with Gasteiger partial charge in [0.2, 0.25) is 5.91 Å². The highest BCUT2D eigenvalue weighted by atomic mass is 16.7. The van der Waals surface area contributed by atoms with E-state index in [9.17, 15) is 14.7 Å². The molecule has 3 atom stereocenters. The predicted molar refractivity (Wildman–Crippen MR) is 137 cm³/mol. The van der Waals surface area contributed by atoms with Crippen LogP contribution in [-0.4, -0.2) is 53.2 Å². The fourth-order valence-electron chi connectivity index (χ4n) is 4.18. The molecule has 0 spiro atoms. The first-order chi connectivity index (χ1) is 17.4. The third-order valence-electron chi connectivity index (χ3n) is 6.08. The third kappa shape index (κ3) is 8.57. The number of aliphatic hydroxyl groups is 1. The number of likely N-dealkylation sites (N-methyl/N-ethyl adjacent to an activating group) is 1. The Kier molecular flexibility index (Phi) is 10.6. The van der Waals surface area contributed by atoms with Crippen LogP contribution in [-0.2, 0) is 25.7 Å². The van der Waals surface area contributed by atoms with Crippen LogP contribution < -0.4 is 5.32 Å². The second-order valence-electron chi connectivity index (χ2n) is 9.13. The molecule has 2 aromatic rings. The molecule has 3 rings (SSSR count). The van der Waals surface area contributed by atoms with Gasteiger partial charge in [-0.25, -0.2) is 0 Å². The second-order valence-corrected chi connectivity index (χ2v) is 9.13. The van der Waals surface area contributed by atoms with Crippen molar-refractivity contribution in [2.45, 2.75) is 57.2 Å². The lowest BCUT2D eigenvalue weighted by Crippen LogP contribution is -2.37. The Labute approximate surface area is 212 Å². The van der Waals surface area contributed by atoms with Crippen LogP contribution in [0.2, 0.25) is 0 Å². The summed E-state index contributed by atoms with van der Waals surface area (Å²) in [7, 11) is 2.03. The number of hydrogen-bond acceptors (Lipinski definition) is 6. The lowest BCUT2D eigenvalue weighted by atomic mass is 9.99. The molecule has 0 saturated carbocycles. The van der Waals surface area contributed by atoms with E-state index in [1.54, 1.807) is 0 Å². The van der Waals surface area contributed by atoms with Crippen LogP contribution in [0.15, 0.2) is 61.2 Å². The van der Waals surface area contributed by atoms with Crippen molar-refractivity contribution in [3.8, 4) is 0 Å². The molecule has 1 amide bonds. The molecule has 3 unspecified atom stereocenters. The molecule has 8 heteroatoms. The summed E-state index contributed by atoms with van der Waals surface area (Å²) in [6, 6.07) is 15.2. The summed E-state index contributed by atoms with van der Waals surface area (Å²) in [5, 5.41) is 20.9. The van der Waals surface area contributed by atoms with Crippen LogP contribution >= 0.6 is 0 Å². The highest BCUT2D eigenvalue weighted by Gasteiger charge is 2.32. The van der Waals surface area contributed by atoms with Gasteiger partial charge >= 0.3 is 5.97 Å². The first kappa shape index (κ1) is 27.5. The summed E-state index contributed by atoms with van der Waals surface area (Å²) in [6.07, 6.45) is 3.14. The topological polar surface area (TPSA) is 108 Å². The van der Waals surface area contributed by atoms with E-state index in [1.165, 1.54) is 0 Å². The third-order valence-corrected chi connectivity index (χ3v) is 6.08. The summed E-state index contributed by atoms with van der Waals surface area (Å²) >= 11 is 0. The molecule has 8 nitrogen and oxygen atoms in total. The minimum atomic E-state index is -0.850. The van der Waals surface area contributed by atoms with Crippen molar-refractivity contribution >= 4 is 17.6 Å². The first-order valence-electron chi connectivity index (χ1n) is 12.3. The molecule has 1 heterocycles. The zero-order valence-corrected chi connectivity index (χ0v) is 20.8. The number of ether oxygens (including phenoxy) is 2.